The molecule has 0 fully saturated rings. The molecule has 0 saturated heterocycles. The van der Waals surface area contributed by atoms with Crippen LogP contribution in [0.3, 0.4) is 0 Å². The maximum Gasteiger partial charge on any atom is 0.111 e. The van der Waals surface area contributed by atoms with E-state index in [2.05, 4.69) is 41.1 Å². The summed E-state index contributed by atoms with van der Waals surface area (Å²) in [6.45, 7) is 3.10. The largest absolute Gasteiger partial charge is 0.323 e. The number of para-hydroxylation sites is 2. The molecule has 0 saturated carbocycles. The van der Waals surface area contributed by atoms with Crippen LogP contribution in [-0.4, -0.2) is 15.4 Å². The first kappa shape index (κ1) is 13.7. The number of hydrogen-bond donors (Lipinski definition) is 0. The van der Waals surface area contributed by atoms with Crippen LogP contribution < -0.4 is 0 Å². The predicted molar refractivity (Wildman–Crippen MR) is 87.0 cm³/mol. The first-order valence-electron chi connectivity index (χ1n) is 6.88. The molecule has 0 amide bonds. The fourth-order valence-corrected chi connectivity index (χ4v) is 3.67. The van der Waals surface area contributed by atoms with Gasteiger partial charge in [0.05, 0.1) is 17.6 Å². The molecule has 0 spiro atoms. The monoisotopic (exact) mass is 304 g/mol. The van der Waals surface area contributed by atoms with Crippen molar-refractivity contribution in [3.8, 4) is 0 Å². The summed E-state index contributed by atoms with van der Waals surface area (Å²) in [5, 5.41) is 2.18. The number of fused-ring (bicyclic) bond motifs is 1. The van der Waals surface area contributed by atoms with E-state index in [4.69, 9.17) is 16.6 Å². The van der Waals surface area contributed by atoms with Gasteiger partial charge in [0.1, 0.15) is 5.82 Å². The average molecular weight is 305 g/mol. The summed E-state index contributed by atoms with van der Waals surface area (Å²) >= 11 is 7.75. The molecular weight excluding hydrogens is 288 g/mol. The minimum atomic E-state index is 0.606. The molecule has 3 rings (SSSR count). The highest BCUT2D eigenvalue weighted by atomic mass is 35.5. The molecule has 1 aromatic carbocycles. The summed E-state index contributed by atoms with van der Waals surface area (Å²) in [5.41, 5.74) is 3.69. The number of benzene rings is 1. The van der Waals surface area contributed by atoms with Crippen LogP contribution in [0.4, 0.5) is 0 Å². The molecule has 0 aliphatic rings. The van der Waals surface area contributed by atoms with Crippen molar-refractivity contribution < 1.29 is 0 Å². The number of halogens is 1. The normalized spacial score (nSPS) is 11.3. The van der Waals surface area contributed by atoms with E-state index in [1.54, 1.807) is 0 Å². The molecule has 2 heterocycles. The number of nitrogens with zero attached hydrogens (tertiary/aromatic N) is 2. The lowest BCUT2D eigenvalue weighted by Crippen LogP contribution is -2.06. The van der Waals surface area contributed by atoms with Crippen molar-refractivity contribution in [3.05, 3.63) is 52.0 Å². The predicted octanol–water partition coefficient (Wildman–Crippen LogP) is 4.49. The lowest BCUT2D eigenvalue weighted by atomic mass is 10.2. The lowest BCUT2D eigenvalue weighted by Gasteiger charge is -2.08. The molecule has 3 aromatic rings. The summed E-state index contributed by atoms with van der Waals surface area (Å²) in [7, 11) is 0. The number of aromatic nitrogens is 2. The second kappa shape index (κ2) is 5.98. The van der Waals surface area contributed by atoms with E-state index < -0.39 is 0 Å². The third-order valence-corrected chi connectivity index (χ3v) is 4.71. The van der Waals surface area contributed by atoms with Crippen LogP contribution in [0.5, 0.6) is 0 Å². The Bertz CT molecular complexity index is 714. The number of alkyl halides is 1. The molecular formula is C16H17ClN2S. The second-order valence-electron chi connectivity index (χ2n) is 4.76. The molecule has 0 radical (unpaired) electrons. The summed E-state index contributed by atoms with van der Waals surface area (Å²) in [6, 6.07) is 10.5. The van der Waals surface area contributed by atoms with Gasteiger partial charge in [0.15, 0.2) is 0 Å². The second-order valence-corrected chi connectivity index (χ2v) is 6.14. The molecule has 0 aliphatic carbocycles. The van der Waals surface area contributed by atoms with E-state index in [-0.39, 0.29) is 0 Å². The van der Waals surface area contributed by atoms with Gasteiger partial charge in [0.2, 0.25) is 0 Å². The average Bonchev–Trinajstić information content (AvgIpc) is 3.05. The highest BCUT2D eigenvalue weighted by molar-refractivity contribution is 7.10. The topological polar surface area (TPSA) is 17.8 Å². The van der Waals surface area contributed by atoms with Gasteiger partial charge in [0.25, 0.3) is 0 Å². The van der Waals surface area contributed by atoms with Crippen LogP contribution in [0.2, 0.25) is 0 Å². The molecule has 20 heavy (non-hydrogen) atoms. The van der Waals surface area contributed by atoms with Crippen LogP contribution in [0.25, 0.3) is 11.0 Å². The third-order valence-electron chi connectivity index (χ3n) is 3.57. The van der Waals surface area contributed by atoms with Crippen molar-refractivity contribution in [2.45, 2.75) is 26.3 Å². The van der Waals surface area contributed by atoms with E-state index in [0.717, 1.165) is 30.7 Å². The smallest absolute Gasteiger partial charge is 0.111 e. The van der Waals surface area contributed by atoms with Gasteiger partial charge >= 0.3 is 0 Å². The number of aryl methyl sites for hydroxylation is 2. The molecule has 0 unspecified atom stereocenters. The van der Waals surface area contributed by atoms with Crippen molar-refractivity contribution in [2.24, 2.45) is 0 Å². The Kier molecular flexibility index (Phi) is 4.08. The number of thiophene rings is 1. The minimum absolute atomic E-state index is 0.606. The maximum absolute atomic E-state index is 5.93. The zero-order valence-electron chi connectivity index (χ0n) is 11.5. The highest BCUT2D eigenvalue weighted by Gasteiger charge is 2.12. The van der Waals surface area contributed by atoms with Crippen molar-refractivity contribution in [1.82, 2.24) is 9.55 Å². The fraction of sp³-hybridized carbons (Fsp3) is 0.312. The number of rotatable bonds is 5. The summed E-state index contributed by atoms with van der Waals surface area (Å²) in [4.78, 5) is 6.14. The van der Waals surface area contributed by atoms with Crippen molar-refractivity contribution >= 4 is 34.0 Å². The summed E-state index contributed by atoms with van der Waals surface area (Å²) in [5.74, 6) is 1.69. The van der Waals surface area contributed by atoms with Gasteiger partial charge in [-0.05, 0) is 35.6 Å². The number of hydrogen-bond acceptors (Lipinski definition) is 2. The molecule has 104 valence electrons. The van der Waals surface area contributed by atoms with E-state index in [1.165, 1.54) is 16.0 Å². The van der Waals surface area contributed by atoms with Gasteiger partial charge in [-0.3, -0.25) is 0 Å². The van der Waals surface area contributed by atoms with Gasteiger partial charge in [-0.25, -0.2) is 4.98 Å². The van der Waals surface area contributed by atoms with Crippen molar-refractivity contribution in [2.75, 3.05) is 5.88 Å². The Morgan fingerprint density at radius 1 is 1.25 bits per heavy atom. The van der Waals surface area contributed by atoms with Gasteiger partial charge < -0.3 is 4.57 Å². The van der Waals surface area contributed by atoms with Crippen LogP contribution in [-0.2, 0) is 19.4 Å². The Labute approximate surface area is 128 Å². The zero-order chi connectivity index (χ0) is 13.9. The SMILES string of the molecule is CCc1ccsc1Cn1c(CCCl)nc2ccccc21. The highest BCUT2D eigenvalue weighted by Crippen LogP contribution is 2.23. The third kappa shape index (κ3) is 2.48. The van der Waals surface area contributed by atoms with Gasteiger partial charge in [-0.2, -0.15) is 0 Å². The molecule has 4 heteroatoms. The lowest BCUT2D eigenvalue weighted by molar-refractivity contribution is 0.758. The Balaban J connectivity index is 2.06. The van der Waals surface area contributed by atoms with E-state index in [0.29, 0.717) is 5.88 Å². The maximum atomic E-state index is 5.93. The Morgan fingerprint density at radius 2 is 2.10 bits per heavy atom. The molecule has 0 bridgehead atoms. The zero-order valence-corrected chi connectivity index (χ0v) is 13.0. The van der Waals surface area contributed by atoms with Crippen LogP contribution in [0.15, 0.2) is 35.7 Å². The quantitative estimate of drug-likeness (QED) is 0.635. The van der Waals surface area contributed by atoms with Crippen LogP contribution in [0, 0.1) is 0 Å². The first-order valence-corrected chi connectivity index (χ1v) is 8.30. The van der Waals surface area contributed by atoms with Crippen molar-refractivity contribution in [3.63, 3.8) is 0 Å². The standard InChI is InChI=1S/C16H17ClN2S/c1-2-12-8-10-20-15(12)11-19-14-6-4-3-5-13(14)18-16(19)7-9-17/h3-6,8,10H,2,7,9,11H2,1H3. The van der Waals surface area contributed by atoms with Gasteiger partial charge in [-0.1, -0.05) is 19.1 Å². The first-order chi connectivity index (χ1) is 9.83. The number of imidazole rings is 1. The summed E-state index contributed by atoms with van der Waals surface area (Å²) < 4.78 is 2.31. The summed E-state index contributed by atoms with van der Waals surface area (Å²) in [6.07, 6.45) is 1.89. The van der Waals surface area contributed by atoms with Crippen LogP contribution >= 0.6 is 22.9 Å². The fourth-order valence-electron chi connectivity index (χ4n) is 2.54. The van der Waals surface area contributed by atoms with E-state index >= 15 is 0 Å². The molecule has 2 nitrogen and oxygen atoms in total. The molecule has 0 N–H and O–H groups in total. The van der Waals surface area contributed by atoms with E-state index in [1.807, 2.05) is 17.4 Å². The molecule has 0 atom stereocenters. The van der Waals surface area contributed by atoms with Gasteiger partial charge in [-0.15, -0.1) is 22.9 Å². The van der Waals surface area contributed by atoms with Crippen LogP contribution in [0.1, 0.15) is 23.2 Å². The van der Waals surface area contributed by atoms with Crippen molar-refractivity contribution in [1.29, 1.82) is 0 Å². The Hall–Kier alpha value is -1.32. The molecule has 0 aliphatic heterocycles. The Morgan fingerprint density at radius 3 is 2.90 bits per heavy atom. The van der Waals surface area contributed by atoms with Gasteiger partial charge in [0, 0.05) is 17.2 Å². The molecule has 2 aromatic heterocycles. The minimum Gasteiger partial charge on any atom is -0.323 e. The van der Waals surface area contributed by atoms with E-state index in [9.17, 15) is 0 Å².